The first-order chi connectivity index (χ1) is 15.7. The lowest BCUT2D eigenvalue weighted by Gasteiger charge is -2.46. The minimum absolute atomic E-state index is 0.0279. The lowest BCUT2D eigenvalue weighted by atomic mass is 9.79. The van der Waals surface area contributed by atoms with E-state index in [0.717, 1.165) is 11.8 Å². The molecule has 0 radical (unpaired) electrons. The maximum atomic E-state index is 13.8. The summed E-state index contributed by atoms with van der Waals surface area (Å²) in [6.45, 7) is 1.89. The molecule has 1 spiro atoms. The highest BCUT2D eigenvalue weighted by Crippen LogP contribution is 2.50. The molecule has 1 heterocycles. The summed E-state index contributed by atoms with van der Waals surface area (Å²) in [5, 5.41) is 0.420. The smallest absolute Gasteiger partial charge is 0.305 e. The summed E-state index contributed by atoms with van der Waals surface area (Å²) in [6, 6.07) is 13.0. The standard InChI is InChI=1S/C25H24ClF3N2O2/c1-2-21(17-10-8-16(15-32)9-11-17)31-23(33)22(18-5-3-7-20(26)13-18)30-24(31)12-4-6-19(14-24)25(27,28)29/h3,5,7-11,13,15,19,21H,2,4,6,12,14H2,1H3. The highest BCUT2D eigenvalue weighted by atomic mass is 35.5. The molecule has 3 unspecified atom stereocenters. The first-order valence-corrected chi connectivity index (χ1v) is 11.4. The van der Waals surface area contributed by atoms with Crippen LogP contribution in [0.4, 0.5) is 13.2 Å². The third-order valence-electron chi connectivity index (χ3n) is 6.61. The molecule has 0 N–H and O–H groups in total. The van der Waals surface area contributed by atoms with E-state index < -0.39 is 29.7 Å². The van der Waals surface area contributed by atoms with E-state index in [-0.39, 0.29) is 18.6 Å². The first-order valence-electron chi connectivity index (χ1n) is 11.0. The Morgan fingerprint density at radius 3 is 2.58 bits per heavy atom. The molecular weight excluding hydrogens is 453 g/mol. The van der Waals surface area contributed by atoms with Crippen LogP contribution in [0.2, 0.25) is 5.02 Å². The van der Waals surface area contributed by atoms with Crippen molar-refractivity contribution in [3.05, 3.63) is 70.2 Å². The Balaban J connectivity index is 1.82. The molecule has 1 aliphatic carbocycles. The molecule has 1 saturated carbocycles. The lowest BCUT2D eigenvalue weighted by molar-refractivity contribution is -0.195. The monoisotopic (exact) mass is 476 g/mol. The van der Waals surface area contributed by atoms with Gasteiger partial charge in [0.05, 0.1) is 12.0 Å². The second-order valence-electron chi connectivity index (χ2n) is 8.67. The maximum Gasteiger partial charge on any atom is 0.391 e. The van der Waals surface area contributed by atoms with Crippen molar-refractivity contribution in [2.75, 3.05) is 0 Å². The zero-order valence-corrected chi connectivity index (χ0v) is 18.9. The van der Waals surface area contributed by atoms with E-state index >= 15 is 0 Å². The van der Waals surface area contributed by atoms with E-state index in [2.05, 4.69) is 0 Å². The normalized spacial score (nSPS) is 24.2. The van der Waals surface area contributed by atoms with Gasteiger partial charge in [0.1, 0.15) is 17.7 Å². The van der Waals surface area contributed by atoms with Gasteiger partial charge < -0.3 is 4.90 Å². The number of alkyl halides is 3. The third-order valence-corrected chi connectivity index (χ3v) is 6.84. The van der Waals surface area contributed by atoms with E-state index in [1.807, 2.05) is 6.92 Å². The van der Waals surface area contributed by atoms with Crippen LogP contribution in [0, 0.1) is 5.92 Å². The van der Waals surface area contributed by atoms with Crippen molar-refractivity contribution in [1.29, 1.82) is 0 Å². The van der Waals surface area contributed by atoms with Gasteiger partial charge in [-0.2, -0.15) is 13.2 Å². The van der Waals surface area contributed by atoms with Crippen molar-refractivity contribution in [2.45, 2.75) is 56.9 Å². The number of halogens is 4. The number of rotatable bonds is 5. The molecule has 1 fully saturated rings. The molecule has 0 aromatic heterocycles. The quantitative estimate of drug-likeness (QED) is 0.470. The summed E-state index contributed by atoms with van der Waals surface area (Å²) >= 11 is 6.12. The molecule has 3 atom stereocenters. The SMILES string of the molecule is CCC(c1ccc(C=O)cc1)N1C(=O)C(c2cccc(Cl)c2)=NC12CCCC(C(F)(F)F)C2. The van der Waals surface area contributed by atoms with Gasteiger partial charge in [-0.15, -0.1) is 0 Å². The number of benzene rings is 2. The summed E-state index contributed by atoms with van der Waals surface area (Å²) in [5.74, 6) is -1.93. The van der Waals surface area contributed by atoms with Gasteiger partial charge in [0.15, 0.2) is 0 Å². The van der Waals surface area contributed by atoms with Gasteiger partial charge in [0.25, 0.3) is 5.91 Å². The highest BCUT2D eigenvalue weighted by Gasteiger charge is 2.56. The van der Waals surface area contributed by atoms with Gasteiger partial charge in [-0.1, -0.05) is 54.9 Å². The zero-order chi connectivity index (χ0) is 23.8. The van der Waals surface area contributed by atoms with Crippen LogP contribution in [0.3, 0.4) is 0 Å². The Kier molecular flexibility index (Phi) is 6.36. The number of hydrogen-bond acceptors (Lipinski definition) is 3. The van der Waals surface area contributed by atoms with E-state index in [0.29, 0.717) is 35.4 Å². The lowest BCUT2D eigenvalue weighted by Crippen LogP contribution is -2.52. The van der Waals surface area contributed by atoms with E-state index in [1.165, 1.54) is 0 Å². The predicted octanol–water partition coefficient (Wildman–Crippen LogP) is 6.38. The summed E-state index contributed by atoms with van der Waals surface area (Å²) in [4.78, 5) is 31.1. The van der Waals surface area contributed by atoms with Gasteiger partial charge >= 0.3 is 6.18 Å². The van der Waals surface area contributed by atoms with E-state index in [4.69, 9.17) is 16.6 Å². The second-order valence-corrected chi connectivity index (χ2v) is 9.11. The minimum atomic E-state index is -4.36. The number of hydrogen-bond donors (Lipinski definition) is 0. The van der Waals surface area contributed by atoms with Crippen molar-refractivity contribution >= 4 is 29.5 Å². The largest absolute Gasteiger partial charge is 0.391 e. The Hall–Kier alpha value is -2.67. The number of carbonyl (C=O) groups excluding carboxylic acids is 2. The summed E-state index contributed by atoms with van der Waals surface area (Å²) < 4.78 is 41.3. The Bertz CT molecular complexity index is 1080. The molecule has 0 saturated heterocycles. The highest BCUT2D eigenvalue weighted by molar-refractivity contribution is 6.47. The van der Waals surface area contributed by atoms with Gasteiger partial charge in [-0.25, -0.2) is 0 Å². The van der Waals surface area contributed by atoms with Gasteiger partial charge in [0, 0.05) is 22.6 Å². The molecule has 4 nitrogen and oxygen atoms in total. The Morgan fingerprint density at radius 1 is 1.24 bits per heavy atom. The molecule has 174 valence electrons. The van der Waals surface area contributed by atoms with Crippen LogP contribution in [-0.2, 0) is 4.79 Å². The fourth-order valence-electron chi connectivity index (χ4n) is 5.06. The average Bonchev–Trinajstić information content (AvgIpc) is 3.06. The Labute approximate surface area is 195 Å². The van der Waals surface area contributed by atoms with Crippen LogP contribution in [0.15, 0.2) is 53.5 Å². The number of aliphatic imine (C=N–C) groups is 1. The fourth-order valence-corrected chi connectivity index (χ4v) is 5.25. The van der Waals surface area contributed by atoms with Gasteiger partial charge in [0.2, 0.25) is 0 Å². The molecule has 4 rings (SSSR count). The summed E-state index contributed by atoms with van der Waals surface area (Å²) in [6.07, 6.45) is -2.70. The van der Waals surface area contributed by atoms with Crippen molar-refractivity contribution in [3.63, 3.8) is 0 Å². The van der Waals surface area contributed by atoms with Crippen LogP contribution in [0.25, 0.3) is 0 Å². The molecule has 2 aromatic carbocycles. The number of carbonyl (C=O) groups is 2. The van der Waals surface area contributed by atoms with Crippen molar-refractivity contribution in [2.24, 2.45) is 10.9 Å². The van der Waals surface area contributed by atoms with Crippen molar-refractivity contribution < 1.29 is 22.8 Å². The molecular formula is C25H24ClF3N2O2. The molecule has 2 aromatic rings. The van der Waals surface area contributed by atoms with Gasteiger partial charge in [-0.3, -0.25) is 14.6 Å². The molecule has 33 heavy (non-hydrogen) atoms. The Morgan fingerprint density at radius 2 is 1.97 bits per heavy atom. The average molecular weight is 477 g/mol. The van der Waals surface area contributed by atoms with Crippen LogP contribution in [0.5, 0.6) is 0 Å². The second kappa shape index (κ2) is 8.93. The molecule has 0 bridgehead atoms. The van der Waals surface area contributed by atoms with E-state index in [1.54, 1.807) is 53.4 Å². The predicted molar refractivity (Wildman–Crippen MR) is 120 cm³/mol. The molecule has 8 heteroatoms. The fraction of sp³-hybridized carbons (Fsp3) is 0.400. The van der Waals surface area contributed by atoms with Crippen LogP contribution < -0.4 is 0 Å². The van der Waals surface area contributed by atoms with E-state index in [9.17, 15) is 22.8 Å². The minimum Gasteiger partial charge on any atom is -0.305 e. The van der Waals surface area contributed by atoms with Crippen molar-refractivity contribution in [1.82, 2.24) is 4.90 Å². The molecule has 1 aliphatic heterocycles. The van der Waals surface area contributed by atoms with Crippen molar-refractivity contribution in [3.8, 4) is 0 Å². The number of aldehydes is 1. The maximum absolute atomic E-state index is 13.8. The van der Waals surface area contributed by atoms with Crippen LogP contribution in [0.1, 0.15) is 66.6 Å². The molecule has 1 amide bonds. The topological polar surface area (TPSA) is 49.7 Å². The third kappa shape index (κ3) is 4.43. The van der Waals surface area contributed by atoms with Crippen LogP contribution >= 0.6 is 11.6 Å². The summed E-state index contributed by atoms with van der Waals surface area (Å²) in [7, 11) is 0. The number of nitrogens with zero attached hydrogens (tertiary/aromatic N) is 2. The first kappa shape index (κ1) is 23.5. The number of amides is 1. The summed E-state index contributed by atoms with van der Waals surface area (Å²) in [5.41, 5.74) is 0.601. The zero-order valence-electron chi connectivity index (χ0n) is 18.1. The molecule has 2 aliphatic rings. The van der Waals surface area contributed by atoms with Crippen LogP contribution in [-0.4, -0.2) is 34.6 Å². The van der Waals surface area contributed by atoms with Gasteiger partial charge in [-0.05, 0) is 43.4 Å².